The van der Waals surface area contributed by atoms with Crippen molar-refractivity contribution in [3.8, 4) is 0 Å². The molecule has 29 heavy (non-hydrogen) atoms. The Balaban J connectivity index is 1.72. The molecule has 3 heterocycles. The van der Waals surface area contributed by atoms with E-state index in [9.17, 15) is 0 Å². The van der Waals surface area contributed by atoms with Crippen LogP contribution in [0.25, 0.3) is 21.9 Å². The third-order valence-electron chi connectivity index (χ3n) is 6.19. The predicted octanol–water partition coefficient (Wildman–Crippen LogP) is 5.33. The van der Waals surface area contributed by atoms with Gasteiger partial charge in [-0.25, -0.2) is 4.98 Å². The van der Waals surface area contributed by atoms with Gasteiger partial charge in [-0.05, 0) is 44.7 Å². The van der Waals surface area contributed by atoms with Crippen LogP contribution in [-0.4, -0.2) is 24.5 Å². The van der Waals surface area contributed by atoms with Crippen molar-refractivity contribution < 1.29 is 0 Å². The van der Waals surface area contributed by atoms with Crippen LogP contribution in [0.5, 0.6) is 0 Å². The summed E-state index contributed by atoms with van der Waals surface area (Å²) in [7, 11) is 0. The Bertz CT molecular complexity index is 1180. The highest BCUT2D eigenvalue weighted by atomic mass is 15.1. The van der Waals surface area contributed by atoms with Gasteiger partial charge in [-0.1, -0.05) is 31.4 Å². The highest BCUT2D eigenvalue weighted by Gasteiger charge is 2.26. The van der Waals surface area contributed by atoms with E-state index in [4.69, 9.17) is 4.98 Å². The van der Waals surface area contributed by atoms with Crippen LogP contribution in [0.3, 0.4) is 0 Å². The van der Waals surface area contributed by atoms with Crippen LogP contribution in [0.4, 0.5) is 0 Å². The molecule has 0 N–H and O–H groups in total. The van der Waals surface area contributed by atoms with Gasteiger partial charge in [0.15, 0.2) is 0 Å². The Morgan fingerprint density at radius 2 is 1.90 bits per heavy atom. The van der Waals surface area contributed by atoms with Crippen molar-refractivity contribution in [3.63, 3.8) is 0 Å². The van der Waals surface area contributed by atoms with Crippen molar-refractivity contribution in [3.05, 3.63) is 59.6 Å². The van der Waals surface area contributed by atoms with Crippen LogP contribution in [0.1, 0.15) is 61.4 Å². The lowest BCUT2D eigenvalue weighted by Gasteiger charge is -2.30. The zero-order chi connectivity index (χ0) is 20.0. The average Bonchev–Trinajstić information content (AvgIpc) is 3.08. The first-order valence-corrected chi connectivity index (χ1v) is 10.6. The molecule has 0 saturated heterocycles. The largest absolute Gasteiger partial charge is 0.324 e. The summed E-state index contributed by atoms with van der Waals surface area (Å²) >= 11 is 0. The number of fused-ring (bicyclic) bond motifs is 3. The normalized spacial score (nSPS) is 19.8. The van der Waals surface area contributed by atoms with Gasteiger partial charge in [-0.15, -0.1) is 0 Å². The minimum absolute atomic E-state index is 0.475. The number of rotatable bonds is 3. The molecule has 0 amide bonds. The van der Waals surface area contributed by atoms with Crippen LogP contribution in [0.15, 0.2) is 36.8 Å². The molecule has 2 atom stereocenters. The molecule has 1 fully saturated rings. The van der Waals surface area contributed by atoms with Crippen molar-refractivity contribution in [2.24, 2.45) is 5.92 Å². The number of nitrogens with zero attached hydrogens (tertiary/aromatic N) is 5. The molecule has 5 heteroatoms. The number of hydrogen-bond donors (Lipinski definition) is 0. The van der Waals surface area contributed by atoms with Gasteiger partial charge < -0.3 is 4.57 Å². The molecule has 0 aliphatic heterocycles. The maximum Gasteiger partial charge on any atom is 0.116 e. The average molecular weight is 386 g/mol. The van der Waals surface area contributed by atoms with E-state index in [1.54, 1.807) is 0 Å². The predicted molar refractivity (Wildman–Crippen MR) is 116 cm³/mol. The lowest BCUT2D eigenvalue weighted by molar-refractivity contribution is 0.283. The minimum Gasteiger partial charge on any atom is -0.324 e. The van der Waals surface area contributed by atoms with Crippen LogP contribution in [0, 0.1) is 19.8 Å². The molecule has 0 unspecified atom stereocenters. The molecule has 5 nitrogen and oxygen atoms in total. The molecule has 5 rings (SSSR count). The molecular formula is C24H27N5. The van der Waals surface area contributed by atoms with E-state index in [2.05, 4.69) is 51.6 Å². The Hall–Kier alpha value is -2.82. The number of aryl methyl sites for hydroxylation is 2. The fraction of sp³-hybridized carbons (Fsp3) is 0.417. The molecule has 148 valence electrons. The quantitative estimate of drug-likeness (QED) is 0.478. The van der Waals surface area contributed by atoms with Crippen LogP contribution in [0.2, 0.25) is 0 Å². The van der Waals surface area contributed by atoms with Gasteiger partial charge >= 0.3 is 0 Å². The number of imidazole rings is 1. The van der Waals surface area contributed by atoms with Crippen molar-refractivity contribution >= 4 is 21.9 Å². The molecular weight excluding hydrogens is 358 g/mol. The van der Waals surface area contributed by atoms with Crippen molar-refractivity contribution in [2.75, 3.05) is 0 Å². The molecule has 1 aromatic carbocycles. The summed E-state index contributed by atoms with van der Waals surface area (Å²) in [5.41, 5.74) is 6.40. The van der Waals surface area contributed by atoms with Gasteiger partial charge in [-0.3, -0.25) is 15.0 Å². The summed E-state index contributed by atoms with van der Waals surface area (Å²) in [6.07, 6.45) is 11.3. The van der Waals surface area contributed by atoms with Crippen molar-refractivity contribution in [1.29, 1.82) is 0 Å². The summed E-state index contributed by atoms with van der Waals surface area (Å²) < 4.78 is 2.51. The third-order valence-corrected chi connectivity index (χ3v) is 6.19. The first-order chi connectivity index (χ1) is 14.1. The van der Waals surface area contributed by atoms with E-state index < -0.39 is 0 Å². The zero-order valence-corrected chi connectivity index (χ0v) is 17.4. The number of aromatic nitrogens is 5. The highest BCUT2D eigenvalue weighted by Crippen LogP contribution is 2.37. The van der Waals surface area contributed by atoms with Crippen LogP contribution in [-0.2, 0) is 6.42 Å². The summed E-state index contributed by atoms with van der Waals surface area (Å²) in [4.78, 5) is 18.7. The SMILES string of the molecule is Cc1ccc2ncc3nc(Cc4cnc(C)cn4)n([C@@H]4CCC[C@H](C)C4)c3c2c1. The lowest BCUT2D eigenvalue weighted by Crippen LogP contribution is -2.20. The Morgan fingerprint density at radius 1 is 1.00 bits per heavy atom. The van der Waals surface area contributed by atoms with E-state index in [0.29, 0.717) is 12.5 Å². The van der Waals surface area contributed by atoms with Crippen LogP contribution >= 0.6 is 0 Å². The molecule has 1 aliphatic carbocycles. The van der Waals surface area contributed by atoms with Crippen molar-refractivity contribution in [2.45, 2.75) is 58.9 Å². The molecule has 0 radical (unpaired) electrons. The summed E-state index contributed by atoms with van der Waals surface area (Å²) in [5.74, 6) is 1.82. The lowest BCUT2D eigenvalue weighted by atomic mass is 9.86. The van der Waals surface area contributed by atoms with Crippen LogP contribution < -0.4 is 0 Å². The highest BCUT2D eigenvalue weighted by molar-refractivity contribution is 6.02. The van der Waals surface area contributed by atoms with Gasteiger partial charge in [0, 0.05) is 30.2 Å². The van der Waals surface area contributed by atoms with Crippen molar-refractivity contribution in [1.82, 2.24) is 24.5 Å². The van der Waals surface area contributed by atoms with E-state index in [0.717, 1.165) is 34.2 Å². The van der Waals surface area contributed by atoms with E-state index in [1.807, 2.05) is 25.5 Å². The topological polar surface area (TPSA) is 56.5 Å². The van der Waals surface area contributed by atoms with Gasteiger partial charge in [0.1, 0.15) is 11.3 Å². The molecule has 3 aromatic heterocycles. The Morgan fingerprint density at radius 3 is 2.69 bits per heavy atom. The maximum absolute atomic E-state index is 5.04. The Labute approximate surface area is 171 Å². The standard InChI is InChI=1S/C24H27N5/c1-15-5-4-6-19(9-15)29-23(11-18-13-25-17(3)12-26-18)28-22-14-27-21-8-7-16(2)10-20(21)24(22)29/h7-8,10,12-15,19H,4-6,9,11H2,1-3H3/t15-,19+/m0/s1. The maximum atomic E-state index is 5.04. The van der Waals surface area contributed by atoms with Gasteiger partial charge in [0.2, 0.25) is 0 Å². The van der Waals surface area contributed by atoms with Gasteiger partial charge in [0.25, 0.3) is 0 Å². The molecule has 4 aromatic rings. The summed E-state index contributed by atoms with van der Waals surface area (Å²) in [6, 6.07) is 6.98. The van der Waals surface area contributed by atoms with Gasteiger partial charge in [0.05, 0.1) is 28.6 Å². The molecule has 1 saturated carbocycles. The monoisotopic (exact) mass is 385 g/mol. The molecule has 1 aliphatic rings. The number of benzene rings is 1. The summed E-state index contributed by atoms with van der Waals surface area (Å²) in [5, 5.41) is 1.20. The van der Waals surface area contributed by atoms with Gasteiger partial charge in [-0.2, -0.15) is 0 Å². The zero-order valence-electron chi connectivity index (χ0n) is 17.4. The smallest absolute Gasteiger partial charge is 0.116 e. The van der Waals surface area contributed by atoms with E-state index in [1.165, 1.54) is 42.1 Å². The minimum atomic E-state index is 0.475. The second kappa shape index (κ2) is 7.21. The van der Waals surface area contributed by atoms with E-state index >= 15 is 0 Å². The summed E-state index contributed by atoms with van der Waals surface area (Å²) in [6.45, 7) is 6.49. The number of hydrogen-bond acceptors (Lipinski definition) is 4. The first-order valence-electron chi connectivity index (χ1n) is 10.6. The Kier molecular flexibility index (Phi) is 4.53. The fourth-order valence-electron chi connectivity index (χ4n) is 4.77. The molecule has 0 spiro atoms. The molecule has 0 bridgehead atoms. The first kappa shape index (κ1) is 18.2. The second-order valence-electron chi connectivity index (χ2n) is 8.66. The second-order valence-corrected chi connectivity index (χ2v) is 8.66. The number of pyridine rings is 1. The third kappa shape index (κ3) is 3.39. The van der Waals surface area contributed by atoms with E-state index in [-0.39, 0.29) is 0 Å². The fourth-order valence-corrected chi connectivity index (χ4v) is 4.77.